The predicted octanol–water partition coefficient (Wildman–Crippen LogP) is 1.42. The van der Waals surface area contributed by atoms with Gasteiger partial charge in [0.15, 0.2) is 0 Å². The van der Waals surface area contributed by atoms with Crippen LogP contribution in [0.2, 0.25) is 0 Å². The van der Waals surface area contributed by atoms with Crippen LogP contribution in [0.4, 0.5) is 0 Å². The van der Waals surface area contributed by atoms with Crippen molar-refractivity contribution in [2.24, 2.45) is 5.92 Å². The molecule has 1 amide bonds. The quantitative estimate of drug-likeness (QED) is 0.754. The molecule has 0 aromatic carbocycles. The van der Waals surface area contributed by atoms with Crippen LogP contribution in [0.5, 0.6) is 0 Å². The second-order valence-corrected chi connectivity index (χ2v) is 6.43. The van der Waals surface area contributed by atoms with E-state index in [2.05, 4.69) is 24.1 Å². The summed E-state index contributed by atoms with van der Waals surface area (Å²) in [5.74, 6) is 0.239. The Morgan fingerprint density at radius 3 is 2.67 bits per heavy atom. The number of morpholine rings is 1. The minimum Gasteiger partial charge on any atom is -0.381 e. The molecule has 122 valence electrons. The highest BCUT2D eigenvalue weighted by atomic mass is 16.5. The van der Waals surface area contributed by atoms with Gasteiger partial charge in [0.05, 0.1) is 24.7 Å². The molecule has 0 unspecified atom stereocenters. The number of ether oxygens (including phenoxy) is 2. The third kappa shape index (κ3) is 5.93. The second-order valence-electron chi connectivity index (χ2n) is 6.43. The molecule has 5 nitrogen and oxygen atoms in total. The third-order valence-electron chi connectivity index (χ3n) is 4.23. The van der Waals surface area contributed by atoms with Crippen molar-refractivity contribution >= 4 is 5.91 Å². The molecular weight excluding hydrogens is 268 g/mol. The van der Waals surface area contributed by atoms with Crippen LogP contribution >= 0.6 is 0 Å². The van der Waals surface area contributed by atoms with E-state index in [1.165, 1.54) is 0 Å². The average Bonchev–Trinajstić information content (AvgIpc) is 2.46. The van der Waals surface area contributed by atoms with Gasteiger partial charge < -0.3 is 14.8 Å². The van der Waals surface area contributed by atoms with E-state index < -0.39 is 0 Å². The van der Waals surface area contributed by atoms with Gasteiger partial charge in [0.25, 0.3) is 0 Å². The van der Waals surface area contributed by atoms with Crippen LogP contribution in [0.25, 0.3) is 0 Å². The Morgan fingerprint density at radius 2 is 2.00 bits per heavy atom. The maximum atomic E-state index is 11.9. The standard InChI is InChI=1S/C16H30N2O3/c1-13-10-18(11-14(2)21-13)8-4-3-7-17-16(19)15-6-5-9-20-12-15/h13-15H,3-12H2,1-2H3,(H,17,19)/t13-,14-,15-/m1/s1. The Hall–Kier alpha value is -0.650. The monoisotopic (exact) mass is 298 g/mol. The maximum Gasteiger partial charge on any atom is 0.225 e. The number of carbonyl (C=O) groups is 1. The first-order valence-corrected chi connectivity index (χ1v) is 8.38. The van der Waals surface area contributed by atoms with Crippen molar-refractivity contribution in [1.29, 1.82) is 0 Å². The van der Waals surface area contributed by atoms with E-state index in [1.54, 1.807) is 0 Å². The molecule has 0 aromatic heterocycles. The summed E-state index contributed by atoms with van der Waals surface area (Å²) < 4.78 is 11.1. The van der Waals surface area contributed by atoms with Crippen molar-refractivity contribution < 1.29 is 14.3 Å². The molecule has 2 rings (SSSR count). The van der Waals surface area contributed by atoms with Crippen LogP contribution in [0.3, 0.4) is 0 Å². The van der Waals surface area contributed by atoms with E-state index in [1.807, 2.05) is 0 Å². The van der Waals surface area contributed by atoms with Crippen molar-refractivity contribution in [3.8, 4) is 0 Å². The van der Waals surface area contributed by atoms with Crippen molar-refractivity contribution in [2.45, 2.75) is 51.7 Å². The van der Waals surface area contributed by atoms with Crippen LogP contribution in [0.15, 0.2) is 0 Å². The molecule has 21 heavy (non-hydrogen) atoms. The fraction of sp³-hybridized carbons (Fsp3) is 0.938. The number of hydrogen-bond acceptors (Lipinski definition) is 4. The maximum absolute atomic E-state index is 11.9. The first-order valence-electron chi connectivity index (χ1n) is 8.38. The topological polar surface area (TPSA) is 50.8 Å². The molecule has 0 radical (unpaired) electrons. The summed E-state index contributed by atoms with van der Waals surface area (Å²) in [6.07, 6.45) is 4.81. The van der Waals surface area contributed by atoms with E-state index in [0.29, 0.717) is 18.8 Å². The van der Waals surface area contributed by atoms with Crippen molar-refractivity contribution in [1.82, 2.24) is 10.2 Å². The Labute approximate surface area is 128 Å². The zero-order valence-electron chi connectivity index (χ0n) is 13.5. The van der Waals surface area contributed by atoms with Crippen LogP contribution in [-0.4, -0.2) is 62.4 Å². The van der Waals surface area contributed by atoms with Gasteiger partial charge >= 0.3 is 0 Å². The third-order valence-corrected chi connectivity index (χ3v) is 4.23. The molecule has 2 aliphatic heterocycles. The molecule has 3 atom stereocenters. The van der Waals surface area contributed by atoms with Crippen LogP contribution in [0.1, 0.15) is 39.5 Å². The molecule has 0 bridgehead atoms. The number of carbonyl (C=O) groups excluding carboxylic acids is 1. The van der Waals surface area contributed by atoms with Crippen LogP contribution in [0, 0.1) is 5.92 Å². The lowest BCUT2D eigenvalue weighted by Crippen LogP contribution is -2.45. The summed E-state index contributed by atoms with van der Waals surface area (Å²) in [5.41, 5.74) is 0. The second kappa shape index (κ2) is 8.71. The van der Waals surface area contributed by atoms with E-state index in [0.717, 1.165) is 58.5 Å². The summed E-state index contributed by atoms with van der Waals surface area (Å²) >= 11 is 0. The van der Waals surface area contributed by atoms with Gasteiger partial charge in [0.2, 0.25) is 5.91 Å². The lowest BCUT2D eigenvalue weighted by molar-refractivity contribution is -0.128. The van der Waals surface area contributed by atoms with Gasteiger partial charge in [-0.15, -0.1) is 0 Å². The Kier molecular flexibility index (Phi) is 6.93. The zero-order valence-corrected chi connectivity index (χ0v) is 13.5. The van der Waals surface area contributed by atoms with E-state index >= 15 is 0 Å². The highest BCUT2D eigenvalue weighted by Crippen LogP contribution is 2.13. The molecule has 2 saturated heterocycles. The van der Waals surface area contributed by atoms with Crippen LogP contribution < -0.4 is 5.32 Å². The summed E-state index contributed by atoms with van der Waals surface area (Å²) in [6, 6.07) is 0. The van der Waals surface area contributed by atoms with E-state index in [9.17, 15) is 4.79 Å². The first-order chi connectivity index (χ1) is 10.1. The SMILES string of the molecule is C[C@@H]1CN(CCCCNC(=O)[C@@H]2CCCOC2)C[C@@H](C)O1. The largest absolute Gasteiger partial charge is 0.381 e. The smallest absolute Gasteiger partial charge is 0.225 e. The number of nitrogens with zero attached hydrogens (tertiary/aromatic N) is 1. The van der Waals surface area contributed by atoms with Gasteiger partial charge in [-0.3, -0.25) is 9.69 Å². The number of unbranched alkanes of at least 4 members (excludes halogenated alkanes) is 1. The fourth-order valence-corrected chi connectivity index (χ4v) is 3.23. The van der Waals surface area contributed by atoms with Gasteiger partial charge in [-0.2, -0.15) is 0 Å². The van der Waals surface area contributed by atoms with Gasteiger partial charge in [-0.25, -0.2) is 0 Å². The number of nitrogens with one attached hydrogen (secondary N) is 1. The zero-order chi connectivity index (χ0) is 15.1. The lowest BCUT2D eigenvalue weighted by atomic mass is 10.0. The Balaban J connectivity index is 1.52. The summed E-state index contributed by atoms with van der Waals surface area (Å²) in [6.45, 7) is 9.59. The number of amides is 1. The van der Waals surface area contributed by atoms with Gasteiger partial charge in [-0.1, -0.05) is 0 Å². The van der Waals surface area contributed by atoms with Gasteiger partial charge in [0, 0.05) is 26.2 Å². The molecule has 2 heterocycles. The Bertz CT molecular complexity index is 309. The number of hydrogen-bond donors (Lipinski definition) is 1. The molecule has 2 aliphatic rings. The summed E-state index contributed by atoms with van der Waals surface area (Å²) in [5, 5.41) is 3.05. The van der Waals surface area contributed by atoms with Gasteiger partial charge in [-0.05, 0) is 46.1 Å². The van der Waals surface area contributed by atoms with Gasteiger partial charge in [0.1, 0.15) is 0 Å². The Morgan fingerprint density at radius 1 is 1.24 bits per heavy atom. The normalized spacial score (nSPS) is 31.0. The number of rotatable bonds is 6. The van der Waals surface area contributed by atoms with Crippen molar-refractivity contribution in [3.63, 3.8) is 0 Å². The fourth-order valence-electron chi connectivity index (χ4n) is 3.23. The van der Waals surface area contributed by atoms with E-state index in [-0.39, 0.29) is 11.8 Å². The molecule has 0 aromatic rings. The summed E-state index contributed by atoms with van der Waals surface area (Å²) in [7, 11) is 0. The lowest BCUT2D eigenvalue weighted by Gasteiger charge is -2.35. The molecular formula is C16H30N2O3. The molecule has 0 aliphatic carbocycles. The summed E-state index contributed by atoms with van der Waals surface area (Å²) in [4.78, 5) is 14.4. The minimum atomic E-state index is 0.0692. The van der Waals surface area contributed by atoms with Crippen LogP contribution in [-0.2, 0) is 14.3 Å². The first kappa shape index (κ1) is 16.7. The molecule has 0 spiro atoms. The highest BCUT2D eigenvalue weighted by molar-refractivity contribution is 5.78. The predicted molar refractivity (Wildman–Crippen MR) is 82.2 cm³/mol. The molecule has 0 saturated carbocycles. The molecule has 2 fully saturated rings. The molecule has 5 heteroatoms. The van der Waals surface area contributed by atoms with Crippen molar-refractivity contribution in [3.05, 3.63) is 0 Å². The highest BCUT2D eigenvalue weighted by Gasteiger charge is 2.22. The minimum absolute atomic E-state index is 0.0692. The van der Waals surface area contributed by atoms with E-state index in [4.69, 9.17) is 9.47 Å². The van der Waals surface area contributed by atoms with Crippen molar-refractivity contribution in [2.75, 3.05) is 39.4 Å². The molecule has 1 N–H and O–H groups in total. The average molecular weight is 298 g/mol.